The summed E-state index contributed by atoms with van der Waals surface area (Å²) in [6.07, 6.45) is 0.794. The Hall–Kier alpha value is -1.68. The highest BCUT2D eigenvalue weighted by molar-refractivity contribution is 7.10. The van der Waals surface area contributed by atoms with Crippen LogP contribution < -0.4 is 5.73 Å². The number of rotatable bonds is 4. The van der Waals surface area contributed by atoms with Crippen molar-refractivity contribution < 1.29 is 0 Å². The molecular formula is C17H15ClN2S. The highest BCUT2D eigenvalue weighted by atomic mass is 35.5. The van der Waals surface area contributed by atoms with Crippen molar-refractivity contribution in [1.82, 2.24) is 4.98 Å². The maximum absolute atomic E-state index is 6.20. The van der Waals surface area contributed by atoms with Crippen LogP contribution in [-0.2, 0) is 13.0 Å². The van der Waals surface area contributed by atoms with Gasteiger partial charge in [0.05, 0.1) is 10.7 Å². The fourth-order valence-corrected chi connectivity index (χ4v) is 3.29. The molecule has 106 valence electrons. The Bertz CT molecular complexity index is 738. The number of halogens is 1. The lowest BCUT2D eigenvalue weighted by atomic mass is 10.1. The standard InChI is InChI=1S/C17H15ClN2S/c18-15-8-12(6-7-14(15)10-19)9-17-20-16(11-21-17)13-4-2-1-3-5-13/h1-8,11H,9-10,19H2. The van der Waals surface area contributed by atoms with Gasteiger partial charge in [0.25, 0.3) is 0 Å². The van der Waals surface area contributed by atoms with Gasteiger partial charge in [0.2, 0.25) is 0 Å². The first-order chi connectivity index (χ1) is 10.3. The van der Waals surface area contributed by atoms with Crippen LogP contribution in [0.2, 0.25) is 5.02 Å². The summed E-state index contributed by atoms with van der Waals surface area (Å²) in [5.41, 5.74) is 9.94. The molecule has 3 rings (SSSR count). The average molecular weight is 315 g/mol. The van der Waals surface area contributed by atoms with Gasteiger partial charge in [-0.05, 0) is 17.2 Å². The molecule has 0 saturated heterocycles. The first kappa shape index (κ1) is 14.3. The third-order valence-corrected chi connectivity index (χ3v) is 4.51. The van der Waals surface area contributed by atoms with Gasteiger partial charge in [0.15, 0.2) is 0 Å². The first-order valence-corrected chi connectivity index (χ1v) is 7.99. The highest BCUT2D eigenvalue weighted by Crippen LogP contribution is 2.24. The van der Waals surface area contributed by atoms with Crippen molar-refractivity contribution in [2.24, 2.45) is 5.73 Å². The maximum atomic E-state index is 6.20. The Labute approximate surface area is 133 Å². The lowest BCUT2D eigenvalue weighted by Crippen LogP contribution is -1.98. The second-order valence-electron chi connectivity index (χ2n) is 4.80. The molecule has 1 heterocycles. The number of aromatic nitrogens is 1. The number of hydrogen-bond donors (Lipinski definition) is 1. The van der Waals surface area contributed by atoms with Gasteiger partial charge >= 0.3 is 0 Å². The van der Waals surface area contributed by atoms with Gasteiger partial charge < -0.3 is 5.73 Å². The zero-order valence-electron chi connectivity index (χ0n) is 11.4. The third-order valence-electron chi connectivity index (χ3n) is 3.31. The lowest BCUT2D eigenvalue weighted by Gasteiger charge is -2.04. The second kappa shape index (κ2) is 6.39. The number of nitrogens with zero attached hydrogens (tertiary/aromatic N) is 1. The van der Waals surface area contributed by atoms with E-state index in [2.05, 4.69) is 23.6 Å². The van der Waals surface area contributed by atoms with Crippen LogP contribution in [0.5, 0.6) is 0 Å². The monoisotopic (exact) mass is 314 g/mol. The fraction of sp³-hybridized carbons (Fsp3) is 0.118. The summed E-state index contributed by atoms with van der Waals surface area (Å²) in [5.74, 6) is 0. The SMILES string of the molecule is NCc1ccc(Cc2nc(-c3ccccc3)cs2)cc1Cl. The summed E-state index contributed by atoms with van der Waals surface area (Å²) in [7, 11) is 0. The Kier molecular flexibility index (Phi) is 4.34. The van der Waals surface area contributed by atoms with E-state index in [0.29, 0.717) is 6.54 Å². The summed E-state index contributed by atoms with van der Waals surface area (Å²) < 4.78 is 0. The summed E-state index contributed by atoms with van der Waals surface area (Å²) in [4.78, 5) is 4.70. The molecule has 0 fully saturated rings. The number of thiazole rings is 1. The van der Waals surface area contributed by atoms with Gasteiger partial charge in [-0.1, -0.05) is 54.1 Å². The van der Waals surface area contributed by atoms with Crippen molar-refractivity contribution in [3.8, 4) is 11.3 Å². The Morgan fingerprint density at radius 2 is 1.90 bits per heavy atom. The lowest BCUT2D eigenvalue weighted by molar-refractivity contribution is 1.06. The van der Waals surface area contributed by atoms with Crippen molar-refractivity contribution >= 4 is 22.9 Å². The fourth-order valence-electron chi connectivity index (χ4n) is 2.17. The summed E-state index contributed by atoms with van der Waals surface area (Å²) in [6, 6.07) is 16.3. The Morgan fingerprint density at radius 3 is 2.62 bits per heavy atom. The molecule has 2 nitrogen and oxygen atoms in total. The van der Waals surface area contributed by atoms with Crippen LogP contribution in [0.15, 0.2) is 53.9 Å². The molecule has 0 aliphatic rings. The smallest absolute Gasteiger partial charge is 0.0976 e. The molecule has 0 radical (unpaired) electrons. The molecule has 0 saturated carbocycles. The van der Waals surface area contributed by atoms with Crippen molar-refractivity contribution in [2.45, 2.75) is 13.0 Å². The van der Waals surface area contributed by atoms with E-state index >= 15 is 0 Å². The molecule has 1 aromatic heterocycles. The molecule has 3 aromatic rings. The van der Waals surface area contributed by atoms with E-state index in [1.54, 1.807) is 11.3 Å². The van der Waals surface area contributed by atoms with Gasteiger partial charge in [-0.3, -0.25) is 0 Å². The number of nitrogens with two attached hydrogens (primary N) is 1. The van der Waals surface area contributed by atoms with Gasteiger partial charge in [0, 0.05) is 28.9 Å². The van der Waals surface area contributed by atoms with Crippen molar-refractivity contribution in [3.05, 3.63) is 75.1 Å². The topological polar surface area (TPSA) is 38.9 Å². The van der Waals surface area contributed by atoms with Crippen molar-refractivity contribution in [2.75, 3.05) is 0 Å². The minimum absolute atomic E-state index is 0.467. The molecule has 0 atom stereocenters. The zero-order chi connectivity index (χ0) is 14.7. The molecule has 2 N–H and O–H groups in total. The van der Waals surface area contributed by atoms with Crippen LogP contribution in [0.4, 0.5) is 0 Å². The highest BCUT2D eigenvalue weighted by Gasteiger charge is 2.06. The van der Waals surface area contributed by atoms with Gasteiger partial charge in [-0.15, -0.1) is 11.3 Å². The first-order valence-electron chi connectivity index (χ1n) is 6.73. The van der Waals surface area contributed by atoms with Gasteiger partial charge in [0.1, 0.15) is 0 Å². The number of benzene rings is 2. The maximum Gasteiger partial charge on any atom is 0.0976 e. The van der Waals surface area contributed by atoms with E-state index < -0.39 is 0 Å². The molecule has 4 heteroatoms. The number of hydrogen-bond acceptors (Lipinski definition) is 3. The third kappa shape index (κ3) is 3.32. The molecule has 0 aliphatic carbocycles. The molecule has 0 aliphatic heterocycles. The Morgan fingerprint density at radius 1 is 1.10 bits per heavy atom. The normalized spacial score (nSPS) is 10.8. The molecule has 0 spiro atoms. The van der Waals surface area contributed by atoms with Crippen LogP contribution in [0.25, 0.3) is 11.3 Å². The van der Waals surface area contributed by atoms with Gasteiger partial charge in [-0.2, -0.15) is 0 Å². The molecule has 0 amide bonds. The molecule has 2 aromatic carbocycles. The summed E-state index contributed by atoms with van der Waals surface area (Å²) in [6.45, 7) is 0.467. The summed E-state index contributed by atoms with van der Waals surface area (Å²) >= 11 is 7.88. The second-order valence-corrected chi connectivity index (χ2v) is 6.15. The van der Waals surface area contributed by atoms with Crippen LogP contribution in [0.1, 0.15) is 16.1 Å². The van der Waals surface area contributed by atoms with E-state index in [1.807, 2.05) is 30.3 Å². The van der Waals surface area contributed by atoms with Crippen molar-refractivity contribution in [1.29, 1.82) is 0 Å². The predicted molar refractivity (Wildman–Crippen MR) is 89.7 cm³/mol. The average Bonchev–Trinajstić information content (AvgIpc) is 2.97. The minimum atomic E-state index is 0.467. The molecular weight excluding hydrogens is 300 g/mol. The molecule has 21 heavy (non-hydrogen) atoms. The van der Waals surface area contributed by atoms with Crippen LogP contribution in [-0.4, -0.2) is 4.98 Å². The Balaban J connectivity index is 1.80. The van der Waals surface area contributed by atoms with E-state index in [0.717, 1.165) is 38.8 Å². The van der Waals surface area contributed by atoms with Gasteiger partial charge in [-0.25, -0.2) is 4.98 Å². The zero-order valence-corrected chi connectivity index (χ0v) is 13.0. The minimum Gasteiger partial charge on any atom is -0.326 e. The van der Waals surface area contributed by atoms with Crippen LogP contribution in [0, 0.1) is 0 Å². The van der Waals surface area contributed by atoms with Crippen LogP contribution in [0.3, 0.4) is 0 Å². The largest absolute Gasteiger partial charge is 0.326 e. The van der Waals surface area contributed by atoms with E-state index in [1.165, 1.54) is 0 Å². The molecule has 0 unspecified atom stereocenters. The van der Waals surface area contributed by atoms with Crippen LogP contribution >= 0.6 is 22.9 Å². The van der Waals surface area contributed by atoms with E-state index in [-0.39, 0.29) is 0 Å². The van der Waals surface area contributed by atoms with E-state index in [4.69, 9.17) is 22.3 Å². The predicted octanol–water partition coefficient (Wildman–Crippen LogP) is 4.51. The van der Waals surface area contributed by atoms with E-state index in [9.17, 15) is 0 Å². The quantitative estimate of drug-likeness (QED) is 0.769. The molecule has 0 bridgehead atoms. The van der Waals surface area contributed by atoms with Crippen molar-refractivity contribution in [3.63, 3.8) is 0 Å². The summed E-state index contributed by atoms with van der Waals surface area (Å²) in [5, 5.41) is 3.92.